The molecular weight excluding hydrogens is 220 g/mol. The van der Waals surface area contributed by atoms with Crippen molar-refractivity contribution < 1.29 is 14.4 Å². The molecule has 2 N–H and O–H groups in total. The number of amides is 2. The Balaban J connectivity index is 1.85. The number of hydrogen-bond donors (Lipinski definition) is 2. The Morgan fingerprint density at radius 2 is 1.94 bits per heavy atom. The predicted molar refractivity (Wildman–Crippen MR) is 61.1 cm³/mol. The SMILES string of the molecule is O=CNC(CC1CCC1)C(=O)C(=O)NC1CC1. The van der Waals surface area contributed by atoms with Crippen LogP contribution in [-0.4, -0.2) is 30.2 Å². The van der Waals surface area contributed by atoms with E-state index in [4.69, 9.17) is 0 Å². The fraction of sp³-hybridized carbons (Fsp3) is 0.750. The lowest BCUT2D eigenvalue weighted by Gasteiger charge is -2.28. The summed E-state index contributed by atoms with van der Waals surface area (Å²) in [5, 5.41) is 5.12. The average molecular weight is 238 g/mol. The van der Waals surface area contributed by atoms with Gasteiger partial charge >= 0.3 is 0 Å². The summed E-state index contributed by atoms with van der Waals surface area (Å²) in [6, 6.07) is -0.469. The summed E-state index contributed by atoms with van der Waals surface area (Å²) in [4.78, 5) is 33.9. The Hall–Kier alpha value is -1.39. The Labute approximate surface area is 100 Å². The van der Waals surface area contributed by atoms with Crippen molar-refractivity contribution in [1.29, 1.82) is 0 Å². The number of carbonyl (C=O) groups excluding carboxylic acids is 3. The molecule has 17 heavy (non-hydrogen) atoms. The molecule has 2 fully saturated rings. The maximum Gasteiger partial charge on any atom is 0.289 e. The first kappa shape index (κ1) is 12.1. The van der Waals surface area contributed by atoms with Gasteiger partial charge in [0.25, 0.3) is 5.91 Å². The lowest BCUT2D eigenvalue weighted by atomic mass is 9.80. The average Bonchev–Trinajstić information content (AvgIpc) is 3.04. The first-order valence-electron chi connectivity index (χ1n) is 6.25. The summed E-state index contributed by atoms with van der Waals surface area (Å²) in [5.74, 6) is -0.577. The highest BCUT2D eigenvalue weighted by molar-refractivity contribution is 6.38. The molecule has 0 radical (unpaired) electrons. The topological polar surface area (TPSA) is 75.3 Å². The lowest BCUT2D eigenvalue weighted by Crippen LogP contribution is -2.46. The molecule has 0 saturated heterocycles. The van der Waals surface area contributed by atoms with Crippen LogP contribution in [0.25, 0.3) is 0 Å². The zero-order valence-electron chi connectivity index (χ0n) is 9.78. The van der Waals surface area contributed by atoms with Crippen molar-refractivity contribution in [2.75, 3.05) is 0 Å². The second-order valence-electron chi connectivity index (χ2n) is 4.98. The summed E-state index contributed by atoms with van der Waals surface area (Å²) < 4.78 is 0. The highest BCUT2D eigenvalue weighted by Gasteiger charge is 2.32. The molecule has 2 aliphatic rings. The molecule has 0 aromatic heterocycles. The highest BCUT2D eigenvalue weighted by atomic mass is 16.2. The van der Waals surface area contributed by atoms with Gasteiger partial charge in [-0.05, 0) is 25.2 Å². The van der Waals surface area contributed by atoms with Crippen molar-refractivity contribution in [2.45, 2.75) is 50.6 Å². The van der Waals surface area contributed by atoms with Gasteiger partial charge in [0.2, 0.25) is 12.2 Å². The van der Waals surface area contributed by atoms with Crippen LogP contribution in [0, 0.1) is 5.92 Å². The monoisotopic (exact) mass is 238 g/mol. The van der Waals surface area contributed by atoms with Crippen LogP contribution in [-0.2, 0) is 14.4 Å². The molecule has 0 bridgehead atoms. The fourth-order valence-corrected chi connectivity index (χ4v) is 2.04. The van der Waals surface area contributed by atoms with E-state index in [1.807, 2.05) is 0 Å². The van der Waals surface area contributed by atoms with E-state index >= 15 is 0 Å². The minimum absolute atomic E-state index is 0.173. The molecule has 5 heteroatoms. The highest BCUT2D eigenvalue weighted by Crippen LogP contribution is 2.30. The fourth-order valence-electron chi connectivity index (χ4n) is 2.04. The van der Waals surface area contributed by atoms with Crippen LogP contribution >= 0.6 is 0 Å². The van der Waals surface area contributed by atoms with Gasteiger partial charge in [0.15, 0.2) is 0 Å². The molecule has 1 unspecified atom stereocenters. The molecule has 1 atom stereocenters. The Kier molecular flexibility index (Phi) is 3.76. The molecule has 0 aromatic carbocycles. The van der Waals surface area contributed by atoms with E-state index in [1.54, 1.807) is 0 Å². The van der Waals surface area contributed by atoms with Crippen LogP contribution in [0.1, 0.15) is 38.5 Å². The maximum atomic E-state index is 11.8. The first-order valence-corrected chi connectivity index (χ1v) is 6.25. The standard InChI is InChI=1S/C12H18N2O3/c15-7-13-10(6-8-2-1-3-8)11(16)12(17)14-9-4-5-9/h7-10H,1-6H2,(H,13,15)(H,14,17). The molecule has 94 valence electrons. The zero-order valence-corrected chi connectivity index (χ0v) is 9.78. The van der Waals surface area contributed by atoms with Crippen LogP contribution in [0.2, 0.25) is 0 Å². The second-order valence-corrected chi connectivity index (χ2v) is 4.98. The van der Waals surface area contributed by atoms with Gasteiger partial charge in [0.05, 0.1) is 6.04 Å². The van der Waals surface area contributed by atoms with Crippen LogP contribution in [0.15, 0.2) is 0 Å². The summed E-state index contributed by atoms with van der Waals surface area (Å²) in [6.07, 6.45) is 6.37. The molecule has 2 aliphatic carbocycles. The zero-order chi connectivity index (χ0) is 12.3. The van der Waals surface area contributed by atoms with Gasteiger partial charge < -0.3 is 10.6 Å². The summed E-state index contributed by atoms with van der Waals surface area (Å²) in [6.45, 7) is 0. The van der Waals surface area contributed by atoms with E-state index in [0.29, 0.717) is 18.7 Å². The van der Waals surface area contributed by atoms with Crippen molar-refractivity contribution in [1.82, 2.24) is 10.6 Å². The van der Waals surface area contributed by atoms with Gasteiger partial charge in [-0.3, -0.25) is 14.4 Å². The summed E-state index contributed by atoms with van der Waals surface area (Å²) in [7, 11) is 0. The lowest BCUT2D eigenvalue weighted by molar-refractivity contribution is -0.140. The molecule has 0 aliphatic heterocycles. The molecule has 5 nitrogen and oxygen atoms in total. The van der Waals surface area contributed by atoms with Gasteiger partial charge in [-0.15, -0.1) is 0 Å². The van der Waals surface area contributed by atoms with Crippen LogP contribution in [0.5, 0.6) is 0 Å². The summed E-state index contributed by atoms with van der Waals surface area (Å²) >= 11 is 0. The summed E-state index contributed by atoms with van der Waals surface area (Å²) in [5.41, 5.74) is 0. The first-order chi connectivity index (χ1) is 8.20. The number of Topliss-reactive ketones (excluding diaryl/α,β-unsaturated/α-hetero) is 1. The van der Waals surface area contributed by atoms with Crippen LogP contribution < -0.4 is 10.6 Å². The van der Waals surface area contributed by atoms with Crippen molar-refractivity contribution in [3.05, 3.63) is 0 Å². The van der Waals surface area contributed by atoms with E-state index in [-0.39, 0.29) is 6.04 Å². The van der Waals surface area contributed by atoms with E-state index in [0.717, 1.165) is 25.7 Å². The Morgan fingerprint density at radius 1 is 1.24 bits per heavy atom. The normalized spacial score (nSPS) is 21.2. The van der Waals surface area contributed by atoms with Gasteiger partial charge in [-0.2, -0.15) is 0 Å². The van der Waals surface area contributed by atoms with Crippen molar-refractivity contribution >= 4 is 18.1 Å². The molecular formula is C12H18N2O3. The third-order valence-electron chi connectivity index (χ3n) is 3.52. The minimum Gasteiger partial charge on any atom is -0.348 e. The quantitative estimate of drug-likeness (QED) is 0.489. The van der Waals surface area contributed by atoms with Crippen molar-refractivity contribution in [2.24, 2.45) is 5.92 Å². The van der Waals surface area contributed by atoms with Crippen molar-refractivity contribution in [3.63, 3.8) is 0 Å². The second kappa shape index (κ2) is 5.29. The number of carbonyl (C=O) groups is 3. The predicted octanol–water partition coefficient (Wildman–Crippen LogP) is 0.139. The molecule has 2 saturated carbocycles. The third kappa shape index (κ3) is 3.28. The Morgan fingerprint density at radius 3 is 2.41 bits per heavy atom. The van der Waals surface area contributed by atoms with E-state index < -0.39 is 17.7 Å². The van der Waals surface area contributed by atoms with E-state index in [1.165, 1.54) is 6.42 Å². The van der Waals surface area contributed by atoms with Crippen molar-refractivity contribution in [3.8, 4) is 0 Å². The molecule has 2 rings (SSSR count). The molecule has 0 aromatic rings. The van der Waals surface area contributed by atoms with Gasteiger partial charge in [-0.1, -0.05) is 19.3 Å². The third-order valence-corrected chi connectivity index (χ3v) is 3.52. The number of ketones is 1. The molecule has 0 heterocycles. The van der Waals surface area contributed by atoms with E-state index in [2.05, 4.69) is 10.6 Å². The minimum atomic E-state index is -0.642. The van der Waals surface area contributed by atoms with E-state index in [9.17, 15) is 14.4 Å². The van der Waals surface area contributed by atoms with Crippen LogP contribution in [0.3, 0.4) is 0 Å². The largest absolute Gasteiger partial charge is 0.348 e. The smallest absolute Gasteiger partial charge is 0.289 e. The number of nitrogens with one attached hydrogen (secondary N) is 2. The van der Waals surface area contributed by atoms with Crippen LogP contribution in [0.4, 0.5) is 0 Å². The molecule has 2 amide bonds. The molecule has 0 spiro atoms. The Bertz CT molecular complexity index is 322. The van der Waals surface area contributed by atoms with Gasteiger partial charge in [-0.25, -0.2) is 0 Å². The number of rotatable bonds is 7. The van der Waals surface area contributed by atoms with Gasteiger partial charge in [0, 0.05) is 6.04 Å². The number of hydrogen-bond acceptors (Lipinski definition) is 3. The van der Waals surface area contributed by atoms with Gasteiger partial charge in [0.1, 0.15) is 0 Å². The maximum absolute atomic E-state index is 11.8.